The molecule has 25 heavy (non-hydrogen) atoms. The first-order valence-electron chi connectivity index (χ1n) is 8.95. The number of rotatable bonds is 7. The Kier molecular flexibility index (Phi) is 11.2. The number of halogens is 2. The fourth-order valence-electron chi connectivity index (χ4n) is 3.68. The number of benzene rings is 1. The van der Waals surface area contributed by atoms with Crippen molar-refractivity contribution in [3.63, 3.8) is 0 Å². The zero-order valence-electron chi connectivity index (χ0n) is 15.6. The van der Waals surface area contributed by atoms with E-state index in [1.54, 1.807) is 6.07 Å². The van der Waals surface area contributed by atoms with E-state index in [2.05, 4.69) is 24.1 Å². The number of nitrogens with zero attached hydrogens (tertiary/aromatic N) is 1. The van der Waals surface area contributed by atoms with Gasteiger partial charge in [0.1, 0.15) is 0 Å². The number of nitrogen functional groups attached to an aromatic ring is 1. The van der Waals surface area contributed by atoms with Crippen molar-refractivity contribution in [1.29, 1.82) is 0 Å². The maximum Gasteiger partial charge on any atom is 0.251 e. The Balaban J connectivity index is 0.00000288. The van der Waals surface area contributed by atoms with Crippen LogP contribution in [-0.2, 0) is 0 Å². The van der Waals surface area contributed by atoms with Gasteiger partial charge in [-0.3, -0.25) is 9.69 Å². The minimum absolute atomic E-state index is 0. The van der Waals surface area contributed by atoms with E-state index in [0.717, 1.165) is 38.0 Å². The van der Waals surface area contributed by atoms with Gasteiger partial charge in [0, 0.05) is 23.8 Å². The molecule has 4 nitrogen and oxygen atoms in total. The summed E-state index contributed by atoms with van der Waals surface area (Å²) in [5, 5.41) is 3.16. The molecular weight excluding hydrogens is 357 g/mol. The molecule has 144 valence electrons. The second-order valence-corrected chi connectivity index (χ2v) is 6.67. The summed E-state index contributed by atoms with van der Waals surface area (Å²) in [6, 6.07) is 5.96. The van der Waals surface area contributed by atoms with Crippen molar-refractivity contribution >= 4 is 36.4 Å². The number of carbonyl (C=O) groups excluding carboxylic acids is 1. The number of nitrogens with one attached hydrogen (secondary N) is 1. The molecule has 1 saturated heterocycles. The predicted molar refractivity (Wildman–Crippen MR) is 111 cm³/mol. The van der Waals surface area contributed by atoms with Gasteiger partial charge in [-0.05, 0) is 56.5 Å². The van der Waals surface area contributed by atoms with Crippen molar-refractivity contribution in [1.82, 2.24) is 10.2 Å². The lowest BCUT2D eigenvalue weighted by Crippen LogP contribution is -2.47. The lowest BCUT2D eigenvalue weighted by molar-refractivity contribution is 0.0917. The van der Waals surface area contributed by atoms with Crippen molar-refractivity contribution in [3.05, 3.63) is 29.3 Å². The molecule has 1 unspecified atom stereocenters. The highest BCUT2D eigenvalue weighted by atomic mass is 35.5. The van der Waals surface area contributed by atoms with Gasteiger partial charge in [0.15, 0.2) is 0 Å². The van der Waals surface area contributed by atoms with E-state index in [1.807, 2.05) is 19.1 Å². The number of likely N-dealkylation sites (tertiary alicyclic amines) is 1. The Bertz CT molecular complexity index is 527. The molecule has 1 fully saturated rings. The van der Waals surface area contributed by atoms with Gasteiger partial charge in [0.25, 0.3) is 5.91 Å². The molecule has 1 amide bonds. The molecule has 1 heterocycles. The highest BCUT2D eigenvalue weighted by Gasteiger charge is 2.28. The SMILES string of the molecule is CCC(CC)C(CNC(=O)c1cc(N)ccc1C)N1CCCC1.Cl.Cl. The Hall–Kier alpha value is -0.970. The van der Waals surface area contributed by atoms with Crippen molar-refractivity contribution in [2.45, 2.75) is 52.5 Å². The van der Waals surface area contributed by atoms with Crippen LogP contribution >= 0.6 is 24.8 Å². The Morgan fingerprint density at radius 2 is 1.80 bits per heavy atom. The molecule has 6 heteroatoms. The van der Waals surface area contributed by atoms with Crippen LogP contribution in [0.3, 0.4) is 0 Å². The largest absolute Gasteiger partial charge is 0.399 e. The van der Waals surface area contributed by atoms with E-state index < -0.39 is 0 Å². The van der Waals surface area contributed by atoms with Crippen LogP contribution in [0.15, 0.2) is 18.2 Å². The highest BCUT2D eigenvalue weighted by Crippen LogP contribution is 2.22. The zero-order chi connectivity index (χ0) is 16.8. The van der Waals surface area contributed by atoms with E-state index in [9.17, 15) is 4.79 Å². The summed E-state index contributed by atoms with van der Waals surface area (Å²) >= 11 is 0. The van der Waals surface area contributed by atoms with E-state index in [0.29, 0.717) is 23.2 Å². The van der Waals surface area contributed by atoms with Gasteiger partial charge in [0.05, 0.1) is 0 Å². The molecule has 1 atom stereocenters. The number of hydrogen-bond acceptors (Lipinski definition) is 3. The maximum atomic E-state index is 12.6. The smallest absolute Gasteiger partial charge is 0.251 e. The average molecular weight is 390 g/mol. The van der Waals surface area contributed by atoms with Gasteiger partial charge in [-0.1, -0.05) is 32.8 Å². The van der Waals surface area contributed by atoms with Crippen LogP contribution in [-0.4, -0.2) is 36.5 Å². The predicted octanol–water partition coefficient (Wildman–Crippen LogP) is 4.05. The number of carbonyl (C=O) groups is 1. The zero-order valence-corrected chi connectivity index (χ0v) is 17.2. The standard InChI is InChI=1S/C19H31N3O.2ClH/c1-4-15(5-2)18(22-10-6-7-11-22)13-21-19(23)17-12-16(20)9-8-14(17)3;;/h8-9,12,15,18H,4-7,10-11,13,20H2,1-3H3,(H,21,23);2*1H. The van der Waals surface area contributed by atoms with Crippen LogP contribution < -0.4 is 11.1 Å². The van der Waals surface area contributed by atoms with Gasteiger partial charge in [-0.2, -0.15) is 0 Å². The van der Waals surface area contributed by atoms with Crippen molar-refractivity contribution in [2.75, 3.05) is 25.4 Å². The van der Waals surface area contributed by atoms with Gasteiger partial charge in [-0.25, -0.2) is 0 Å². The quantitative estimate of drug-likeness (QED) is 0.691. The number of aryl methyl sites for hydroxylation is 1. The van der Waals surface area contributed by atoms with E-state index in [4.69, 9.17) is 5.73 Å². The van der Waals surface area contributed by atoms with Crippen molar-refractivity contribution in [3.8, 4) is 0 Å². The van der Waals surface area contributed by atoms with Crippen LogP contribution in [0, 0.1) is 12.8 Å². The maximum absolute atomic E-state index is 12.6. The summed E-state index contributed by atoms with van der Waals surface area (Å²) in [6.45, 7) is 9.50. The van der Waals surface area contributed by atoms with Crippen molar-refractivity contribution in [2.24, 2.45) is 5.92 Å². The first kappa shape index (κ1) is 24.0. The Labute approximate surface area is 164 Å². The second kappa shape index (κ2) is 11.6. The summed E-state index contributed by atoms with van der Waals surface area (Å²) in [5.74, 6) is 0.625. The van der Waals surface area contributed by atoms with Gasteiger partial charge < -0.3 is 11.1 Å². The monoisotopic (exact) mass is 389 g/mol. The summed E-state index contributed by atoms with van der Waals surface area (Å²) < 4.78 is 0. The normalized spacial score (nSPS) is 15.4. The summed E-state index contributed by atoms with van der Waals surface area (Å²) in [6.07, 6.45) is 4.87. The molecule has 0 spiro atoms. The second-order valence-electron chi connectivity index (χ2n) is 6.67. The van der Waals surface area contributed by atoms with Crippen LogP contribution in [0.2, 0.25) is 0 Å². The minimum Gasteiger partial charge on any atom is -0.399 e. The third-order valence-corrected chi connectivity index (χ3v) is 5.18. The molecule has 1 aromatic rings. The Morgan fingerprint density at radius 1 is 1.20 bits per heavy atom. The van der Waals surface area contributed by atoms with Crippen LogP contribution in [0.25, 0.3) is 0 Å². The molecule has 1 aromatic carbocycles. The van der Waals surface area contributed by atoms with Crippen molar-refractivity contribution < 1.29 is 4.79 Å². The van der Waals surface area contributed by atoms with Gasteiger partial charge in [0.2, 0.25) is 0 Å². The summed E-state index contributed by atoms with van der Waals surface area (Å²) in [7, 11) is 0. The first-order chi connectivity index (χ1) is 11.1. The average Bonchev–Trinajstić information content (AvgIpc) is 3.07. The molecule has 0 aromatic heterocycles. The lowest BCUT2D eigenvalue weighted by atomic mass is 9.92. The topological polar surface area (TPSA) is 58.4 Å². The van der Waals surface area contributed by atoms with E-state index in [-0.39, 0.29) is 30.7 Å². The molecule has 3 N–H and O–H groups in total. The molecule has 2 rings (SSSR count). The molecule has 1 aliphatic rings. The molecule has 1 aliphatic heterocycles. The fourth-order valence-corrected chi connectivity index (χ4v) is 3.68. The first-order valence-corrected chi connectivity index (χ1v) is 8.95. The minimum atomic E-state index is -0.00930. The third-order valence-electron chi connectivity index (χ3n) is 5.18. The van der Waals surface area contributed by atoms with E-state index >= 15 is 0 Å². The molecule has 0 radical (unpaired) electrons. The molecule has 0 saturated carbocycles. The third kappa shape index (κ3) is 6.36. The highest BCUT2D eigenvalue weighted by molar-refractivity contribution is 5.96. The molecule has 0 bridgehead atoms. The van der Waals surface area contributed by atoms with Crippen LogP contribution in [0.5, 0.6) is 0 Å². The van der Waals surface area contributed by atoms with E-state index in [1.165, 1.54) is 12.8 Å². The lowest BCUT2D eigenvalue weighted by Gasteiger charge is -2.34. The fraction of sp³-hybridized carbons (Fsp3) is 0.632. The van der Waals surface area contributed by atoms with Crippen LogP contribution in [0.1, 0.15) is 55.5 Å². The Morgan fingerprint density at radius 3 is 2.36 bits per heavy atom. The number of hydrogen-bond donors (Lipinski definition) is 2. The molecule has 0 aliphatic carbocycles. The summed E-state index contributed by atoms with van der Waals surface area (Å²) in [5.41, 5.74) is 8.12. The number of anilines is 1. The number of nitrogens with two attached hydrogens (primary N) is 1. The molecular formula is C19H33Cl2N3O. The van der Waals surface area contributed by atoms with Crippen LogP contribution in [0.4, 0.5) is 5.69 Å². The number of amides is 1. The van der Waals surface area contributed by atoms with Gasteiger partial charge >= 0.3 is 0 Å². The van der Waals surface area contributed by atoms with Gasteiger partial charge in [-0.15, -0.1) is 24.8 Å². The summed E-state index contributed by atoms with van der Waals surface area (Å²) in [4.78, 5) is 15.1.